The van der Waals surface area contributed by atoms with Crippen molar-refractivity contribution < 1.29 is 9.59 Å². The second-order valence-electron chi connectivity index (χ2n) is 6.55. The van der Waals surface area contributed by atoms with Gasteiger partial charge in [0.15, 0.2) is 0 Å². The minimum absolute atomic E-state index is 0.0254. The maximum Gasteiger partial charge on any atom is 0.270 e. The van der Waals surface area contributed by atoms with Crippen LogP contribution in [0.15, 0.2) is 48.7 Å². The van der Waals surface area contributed by atoms with Crippen LogP contribution in [0.1, 0.15) is 23.3 Å². The molecule has 3 heterocycles. The van der Waals surface area contributed by atoms with Crippen molar-refractivity contribution in [1.82, 2.24) is 9.88 Å². The number of benzene rings is 1. The van der Waals surface area contributed by atoms with E-state index in [1.807, 2.05) is 46.2 Å². The van der Waals surface area contributed by atoms with Gasteiger partial charge in [-0.3, -0.25) is 9.59 Å². The number of para-hydroxylation sites is 1. The zero-order valence-electron chi connectivity index (χ0n) is 12.9. The van der Waals surface area contributed by atoms with Gasteiger partial charge in [0.05, 0.1) is 0 Å². The molecule has 4 rings (SSSR count). The average Bonchev–Trinajstić information content (AvgIpc) is 3.29. The SMILES string of the molecule is O=C(c1ccc[nH]1)N1CCC2(CC(=O)N(c3ccccc3)C2)C1. The molecule has 0 aliphatic carbocycles. The number of anilines is 1. The van der Waals surface area contributed by atoms with Gasteiger partial charge in [-0.15, -0.1) is 0 Å². The first-order valence-corrected chi connectivity index (χ1v) is 7.95. The number of hydrogen-bond acceptors (Lipinski definition) is 2. The third kappa shape index (κ3) is 2.42. The predicted octanol–water partition coefficient (Wildman–Crippen LogP) is 2.28. The Balaban J connectivity index is 1.51. The van der Waals surface area contributed by atoms with Gasteiger partial charge < -0.3 is 14.8 Å². The largest absolute Gasteiger partial charge is 0.357 e. The second-order valence-corrected chi connectivity index (χ2v) is 6.55. The van der Waals surface area contributed by atoms with Crippen molar-refractivity contribution in [3.8, 4) is 0 Å². The standard InChI is InChI=1S/C18H19N3O2/c22-16-11-18(13-21(16)14-5-2-1-3-6-14)8-10-20(12-18)17(23)15-7-4-9-19-15/h1-7,9,19H,8,10-13H2. The van der Waals surface area contributed by atoms with Crippen LogP contribution in [0.5, 0.6) is 0 Å². The van der Waals surface area contributed by atoms with Gasteiger partial charge in [-0.1, -0.05) is 18.2 Å². The Kier molecular flexibility index (Phi) is 3.22. The van der Waals surface area contributed by atoms with E-state index in [0.29, 0.717) is 31.7 Å². The van der Waals surface area contributed by atoms with Gasteiger partial charge >= 0.3 is 0 Å². The Labute approximate surface area is 134 Å². The first-order valence-electron chi connectivity index (χ1n) is 7.95. The number of aromatic nitrogens is 1. The summed E-state index contributed by atoms with van der Waals surface area (Å²) in [5, 5.41) is 0. The molecule has 0 radical (unpaired) electrons. The molecule has 2 aliphatic heterocycles. The van der Waals surface area contributed by atoms with Crippen molar-refractivity contribution in [1.29, 1.82) is 0 Å². The molecule has 1 aromatic heterocycles. The number of hydrogen-bond donors (Lipinski definition) is 1. The van der Waals surface area contributed by atoms with Gasteiger partial charge in [0.2, 0.25) is 5.91 Å². The van der Waals surface area contributed by atoms with E-state index < -0.39 is 0 Å². The van der Waals surface area contributed by atoms with Crippen LogP contribution < -0.4 is 4.90 Å². The fourth-order valence-corrected chi connectivity index (χ4v) is 3.75. The lowest BCUT2D eigenvalue weighted by Crippen LogP contribution is -2.34. The van der Waals surface area contributed by atoms with E-state index in [1.54, 1.807) is 12.3 Å². The molecule has 23 heavy (non-hydrogen) atoms. The Morgan fingerprint density at radius 1 is 1.09 bits per heavy atom. The summed E-state index contributed by atoms with van der Waals surface area (Å²) >= 11 is 0. The predicted molar refractivity (Wildman–Crippen MR) is 87.2 cm³/mol. The number of likely N-dealkylation sites (tertiary alicyclic amines) is 1. The van der Waals surface area contributed by atoms with Gasteiger partial charge in [-0.25, -0.2) is 0 Å². The van der Waals surface area contributed by atoms with Gasteiger partial charge in [-0.2, -0.15) is 0 Å². The topological polar surface area (TPSA) is 56.4 Å². The molecule has 5 nitrogen and oxygen atoms in total. The lowest BCUT2D eigenvalue weighted by Gasteiger charge is -2.24. The summed E-state index contributed by atoms with van der Waals surface area (Å²) in [6.07, 6.45) is 3.17. The van der Waals surface area contributed by atoms with E-state index in [0.717, 1.165) is 12.1 Å². The zero-order chi connectivity index (χ0) is 15.9. The molecule has 2 fully saturated rings. The van der Waals surface area contributed by atoms with Crippen molar-refractivity contribution in [3.63, 3.8) is 0 Å². The Morgan fingerprint density at radius 2 is 1.91 bits per heavy atom. The zero-order valence-corrected chi connectivity index (χ0v) is 12.9. The number of carbonyl (C=O) groups is 2. The number of aromatic amines is 1. The summed E-state index contributed by atoms with van der Waals surface area (Å²) in [4.78, 5) is 31.6. The van der Waals surface area contributed by atoms with Gasteiger partial charge in [0.25, 0.3) is 5.91 Å². The number of nitrogens with zero attached hydrogens (tertiary/aromatic N) is 2. The normalized spacial score (nSPS) is 23.9. The van der Waals surface area contributed by atoms with E-state index in [-0.39, 0.29) is 17.2 Å². The molecule has 1 aromatic carbocycles. The maximum absolute atomic E-state index is 12.5. The summed E-state index contributed by atoms with van der Waals surface area (Å²) in [5.41, 5.74) is 1.46. The molecule has 1 atom stereocenters. The monoisotopic (exact) mass is 309 g/mol. The van der Waals surface area contributed by atoms with Crippen LogP contribution in [0.4, 0.5) is 5.69 Å². The summed E-state index contributed by atoms with van der Waals surface area (Å²) in [7, 11) is 0. The summed E-state index contributed by atoms with van der Waals surface area (Å²) in [6, 6.07) is 13.4. The molecule has 2 saturated heterocycles. The van der Waals surface area contributed by atoms with Crippen molar-refractivity contribution in [3.05, 3.63) is 54.4 Å². The van der Waals surface area contributed by atoms with E-state index >= 15 is 0 Å². The van der Waals surface area contributed by atoms with Gasteiger partial charge in [0.1, 0.15) is 5.69 Å². The lowest BCUT2D eigenvalue weighted by molar-refractivity contribution is -0.117. The highest BCUT2D eigenvalue weighted by atomic mass is 16.2. The van der Waals surface area contributed by atoms with E-state index in [4.69, 9.17) is 0 Å². The molecular weight excluding hydrogens is 290 g/mol. The summed E-state index contributed by atoms with van der Waals surface area (Å²) in [6.45, 7) is 2.07. The molecule has 118 valence electrons. The number of nitrogens with one attached hydrogen (secondary N) is 1. The quantitative estimate of drug-likeness (QED) is 0.925. The highest BCUT2D eigenvalue weighted by Gasteiger charge is 2.48. The molecule has 2 aliphatic rings. The van der Waals surface area contributed by atoms with E-state index in [9.17, 15) is 9.59 Å². The lowest BCUT2D eigenvalue weighted by atomic mass is 9.86. The molecule has 0 saturated carbocycles. The first kappa shape index (κ1) is 14.1. The summed E-state index contributed by atoms with van der Waals surface area (Å²) < 4.78 is 0. The Morgan fingerprint density at radius 3 is 2.65 bits per heavy atom. The van der Waals surface area contributed by atoms with Crippen LogP contribution in [0, 0.1) is 5.41 Å². The first-order chi connectivity index (χ1) is 11.2. The van der Waals surface area contributed by atoms with E-state index in [2.05, 4.69) is 4.98 Å². The maximum atomic E-state index is 12.5. The van der Waals surface area contributed by atoms with Crippen LogP contribution in [-0.4, -0.2) is 41.3 Å². The number of H-pyrrole nitrogens is 1. The molecule has 2 aromatic rings. The fourth-order valence-electron chi connectivity index (χ4n) is 3.75. The third-order valence-electron chi connectivity index (χ3n) is 4.94. The number of amides is 2. The van der Waals surface area contributed by atoms with Crippen LogP contribution in [0.2, 0.25) is 0 Å². The highest BCUT2D eigenvalue weighted by molar-refractivity contribution is 5.97. The van der Waals surface area contributed by atoms with Crippen molar-refractivity contribution in [2.24, 2.45) is 5.41 Å². The van der Waals surface area contributed by atoms with Crippen LogP contribution >= 0.6 is 0 Å². The molecule has 1 spiro atoms. The van der Waals surface area contributed by atoms with E-state index in [1.165, 1.54) is 0 Å². The average molecular weight is 309 g/mol. The fraction of sp³-hybridized carbons (Fsp3) is 0.333. The van der Waals surface area contributed by atoms with Crippen LogP contribution in [0.25, 0.3) is 0 Å². The number of rotatable bonds is 2. The Bertz CT molecular complexity index is 726. The highest BCUT2D eigenvalue weighted by Crippen LogP contribution is 2.42. The van der Waals surface area contributed by atoms with Crippen molar-refractivity contribution >= 4 is 17.5 Å². The van der Waals surface area contributed by atoms with Crippen LogP contribution in [-0.2, 0) is 4.79 Å². The van der Waals surface area contributed by atoms with Crippen molar-refractivity contribution in [2.75, 3.05) is 24.5 Å². The molecule has 2 amide bonds. The Hall–Kier alpha value is -2.56. The molecule has 5 heteroatoms. The smallest absolute Gasteiger partial charge is 0.270 e. The molecule has 1 N–H and O–H groups in total. The number of carbonyl (C=O) groups excluding carboxylic acids is 2. The molecule has 1 unspecified atom stereocenters. The minimum atomic E-state index is -0.102. The van der Waals surface area contributed by atoms with Crippen molar-refractivity contribution in [2.45, 2.75) is 12.8 Å². The van der Waals surface area contributed by atoms with Crippen LogP contribution in [0.3, 0.4) is 0 Å². The minimum Gasteiger partial charge on any atom is -0.357 e. The summed E-state index contributed by atoms with van der Waals surface area (Å²) in [5.74, 6) is 0.183. The van der Waals surface area contributed by atoms with Gasteiger partial charge in [0, 0.05) is 43.4 Å². The molecular formula is C18H19N3O2. The third-order valence-corrected chi connectivity index (χ3v) is 4.94. The molecule has 0 bridgehead atoms. The van der Waals surface area contributed by atoms with Gasteiger partial charge in [-0.05, 0) is 30.7 Å². The second kappa shape index (κ2) is 5.26.